The molecule has 2 aliphatic heterocycles. The smallest absolute Gasteiger partial charge is 0.227 e. The number of aryl methyl sites for hydroxylation is 1. The van der Waals surface area contributed by atoms with Crippen LogP contribution >= 0.6 is 0 Å². The molecule has 20 heavy (non-hydrogen) atoms. The number of carbonyl (C=O) groups is 1. The third kappa shape index (κ3) is 2.58. The van der Waals surface area contributed by atoms with Crippen LogP contribution in [0.2, 0.25) is 0 Å². The van der Waals surface area contributed by atoms with E-state index in [1.165, 1.54) is 5.56 Å². The van der Waals surface area contributed by atoms with Gasteiger partial charge in [-0.15, -0.1) is 0 Å². The molecular weight excluding hydrogens is 254 g/mol. The fraction of sp³-hybridized carbons (Fsp3) is 0.562. The summed E-state index contributed by atoms with van der Waals surface area (Å²) >= 11 is 0. The highest BCUT2D eigenvalue weighted by Crippen LogP contribution is 2.29. The third-order valence-corrected chi connectivity index (χ3v) is 4.26. The lowest BCUT2D eigenvalue weighted by molar-refractivity contribution is -0.148. The third-order valence-electron chi connectivity index (χ3n) is 4.26. The molecule has 2 fully saturated rings. The molecule has 3 rings (SSSR count). The molecule has 0 N–H and O–H groups in total. The Morgan fingerprint density at radius 1 is 1.20 bits per heavy atom. The number of rotatable bonds is 2. The number of benzene rings is 1. The van der Waals surface area contributed by atoms with E-state index >= 15 is 0 Å². The molecule has 4 nitrogen and oxygen atoms in total. The average molecular weight is 275 g/mol. The second-order valence-corrected chi connectivity index (χ2v) is 5.79. The summed E-state index contributed by atoms with van der Waals surface area (Å²) in [6.45, 7) is 5.28. The summed E-state index contributed by atoms with van der Waals surface area (Å²) in [5.41, 5.74) is 2.06. The molecule has 4 heteroatoms. The van der Waals surface area contributed by atoms with Crippen molar-refractivity contribution in [3.63, 3.8) is 0 Å². The van der Waals surface area contributed by atoms with Crippen LogP contribution in [0.15, 0.2) is 24.3 Å². The topological polar surface area (TPSA) is 38.8 Å². The maximum atomic E-state index is 12.6. The first-order chi connectivity index (χ1) is 9.70. The van der Waals surface area contributed by atoms with Crippen molar-refractivity contribution in [2.24, 2.45) is 0 Å². The molecular formula is C16H21NO3. The number of morpholine rings is 1. The minimum absolute atomic E-state index is 0.183. The van der Waals surface area contributed by atoms with Crippen molar-refractivity contribution in [2.45, 2.75) is 25.3 Å². The van der Waals surface area contributed by atoms with Crippen LogP contribution in [-0.4, -0.2) is 49.3 Å². The van der Waals surface area contributed by atoms with E-state index in [1.54, 1.807) is 0 Å². The van der Waals surface area contributed by atoms with Crippen molar-refractivity contribution in [2.75, 3.05) is 33.0 Å². The normalized spacial score (nSPS) is 26.1. The van der Waals surface area contributed by atoms with Gasteiger partial charge in [-0.25, -0.2) is 0 Å². The molecule has 1 atom stereocenters. The Bertz CT molecular complexity index is 477. The zero-order valence-corrected chi connectivity index (χ0v) is 11.9. The highest BCUT2D eigenvalue weighted by Gasteiger charge is 2.45. The molecule has 0 aliphatic carbocycles. The summed E-state index contributed by atoms with van der Waals surface area (Å²) < 4.78 is 11.1. The molecule has 0 saturated carbocycles. The molecule has 108 valence electrons. The Labute approximate surface area is 119 Å². The van der Waals surface area contributed by atoms with E-state index in [1.807, 2.05) is 17.0 Å². The van der Waals surface area contributed by atoms with Gasteiger partial charge in [-0.1, -0.05) is 29.8 Å². The molecule has 0 unspecified atom stereocenters. The Morgan fingerprint density at radius 2 is 1.90 bits per heavy atom. The monoisotopic (exact) mass is 275 g/mol. The van der Waals surface area contributed by atoms with Crippen LogP contribution in [0.3, 0.4) is 0 Å². The zero-order valence-electron chi connectivity index (χ0n) is 11.9. The fourth-order valence-corrected chi connectivity index (χ4v) is 3.02. The Kier molecular flexibility index (Phi) is 3.76. The lowest BCUT2D eigenvalue weighted by Crippen LogP contribution is -2.60. The van der Waals surface area contributed by atoms with Gasteiger partial charge in [-0.05, 0) is 18.9 Å². The van der Waals surface area contributed by atoms with Gasteiger partial charge in [0.25, 0.3) is 0 Å². The quantitative estimate of drug-likeness (QED) is 0.822. The molecule has 1 aromatic carbocycles. The van der Waals surface area contributed by atoms with E-state index in [2.05, 4.69) is 19.1 Å². The molecule has 0 radical (unpaired) electrons. The van der Waals surface area contributed by atoms with Crippen LogP contribution in [0, 0.1) is 6.92 Å². The van der Waals surface area contributed by atoms with E-state index in [0.717, 1.165) is 18.6 Å². The second-order valence-electron chi connectivity index (χ2n) is 5.79. The summed E-state index contributed by atoms with van der Waals surface area (Å²) in [5.74, 6) is 0.183. The lowest BCUT2D eigenvalue weighted by atomic mass is 9.95. The molecule has 0 bridgehead atoms. The van der Waals surface area contributed by atoms with Gasteiger partial charge in [0.15, 0.2) is 0 Å². The standard InChI is InChI=1S/C16H21NO3/c1-13-2-4-14(5-3-13)10-15(18)17-7-9-20-12-16(17)6-8-19-11-16/h2-5H,6-12H2,1H3/t16-/m1/s1. The first-order valence-electron chi connectivity index (χ1n) is 7.21. The van der Waals surface area contributed by atoms with Gasteiger partial charge in [-0.3, -0.25) is 4.79 Å². The van der Waals surface area contributed by atoms with Crippen molar-refractivity contribution >= 4 is 5.91 Å². The van der Waals surface area contributed by atoms with E-state index in [4.69, 9.17) is 9.47 Å². The second kappa shape index (κ2) is 5.54. The molecule has 2 aliphatic rings. The van der Waals surface area contributed by atoms with Crippen molar-refractivity contribution in [1.82, 2.24) is 4.90 Å². The van der Waals surface area contributed by atoms with Crippen LogP contribution in [-0.2, 0) is 20.7 Å². The van der Waals surface area contributed by atoms with Crippen LogP contribution in [0.25, 0.3) is 0 Å². The van der Waals surface area contributed by atoms with Crippen molar-refractivity contribution in [3.05, 3.63) is 35.4 Å². The van der Waals surface area contributed by atoms with Gasteiger partial charge < -0.3 is 14.4 Å². The Hall–Kier alpha value is -1.39. The van der Waals surface area contributed by atoms with Gasteiger partial charge in [0, 0.05) is 13.2 Å². The molecule has 1 aromatic rings. The van der Waals surface area contributed by atoms with Gasteiger partial charge in [0.05, 0.1) is 31.8 Å². The van der Waals surface area contributed by atoms with Crippen molar-refractivity contribution < 1.29 is 14.3 Å². The molecule has 0 aromatic heterocycles. The van der Waals surface area contributed by atoms with Crippen LogP contribution in [0.1, 0.15) is 17.5 Å². The zero-order chi connectivity index (χ0) is 14.0. The summed E-state index contributed by atoms with van der Waals surface area (Å²) in [5, 5.41) is 0. The number of hydrogen-bond donors (Lipinski definition) is 0. The van der Waals surface area contributed by atoms with Gasteiger partial charge in [0.1, 0.15) is 0 Å². The summed E-state index contributed by atoms with van der Waals surface area (Å²) in [6.07, 6.45) is 1.34. The molecule has 1 spiro atoms. The van der Waals surface area contributed by atoms with E-state index < -0.39 is 0 Å². The maximum absolute atomic E-state index is 12.6. The predicted molar refractivity (Wildman–Crippen MR) is 75.6 cm³/mol. The summed E-state index contributed by atoms with van der Waals surface area (Å²) in [4.78, 5) is 14.6. The van der Waals surface area contributed by atoms with Gasteiger partial charge in [-0.2, -0.15) is 0 Å². The molecule has 2 heterocycles. The number of carbonyl (C=O) groups excluding carboxylic acids is 1. The lowest BCUT2D eigenvalue weighted by Gasteiger charge is -2.43. The first-order valence-corrected chi connectivity index (χ1v) is 7.21. The fourth-order valence-electron chi connectivity index (χ4n) is 3.02. The number of ether oxygens (including phenoxy) is 2. The van der Waals surface area contributed by atoms with Crippen LogP contribution in [0.5, 0.6) is 0 Å². The highest BCUT2D eigenvalue weighted by molar-refractivity contribution is 5.79. The predicted octanol–water partition coefficient (Wildman–Crippen LogP) is 1.56. The van der Waals surface area contributed by atoms with Crippen LogP contribution < -0.4 is 0 Å². The number of hydrogen-bond acceptors (Lipinski definition) is 3. The minimum atomic E-state index is -0.222. The Balaban J connectivity index is 1.73. The average Bonchev–Trinajstić information content (AvgIpc) is 2.90. The number of amides is 1. The van der Waals surface area contributed by atoms with Crippen LogP contribution in [0.4, 0.5) is 0 Å². The minimum Gasteiger partial charge on any atom is -0.379 e. The maximum Gasteiger partial charge on any atom is 0.227 e. The largest absolute Gasteiger partial charge is 0.379 e. The SMILES string of the molecule is Cc1ccc(CC(=O)N2CCOC[C@]23CCOC3)cc1. The number of nitrogens with zero attached hydrogens (tertiary/aromatic N) is 1. The van der Waals surface area contributed by atoms with Gasteiger partial charge in [0.2, 0.25) is 5.91 Å². The summed E-state index contributed by atoms with van der Waals surface area (Å²) in [7, 11) is 0. The van der Waals surface area contributed by atoms with E-state index in [0.29, 0.717) is 32.8 Å². The first kappa shape index (κ1) is 13.6. The summed E-state index contributed by atoms with van der Waals surface area (Å²) in [6, 6.07) is 8.17. The van der Waals surface area contributed by atoms with Crippen molar-refractivity contribution in [1.29, 1.82) is 0 Å². The highest BCUT2D eigenvalue weighted by atomic mass is 16.5. The van der Waals surface area contributed by atoms with Crippen molar-refractivity contribution in [3.8, 4) is 0 Å². The van der Waals surface area contributed by atoms with Gasteiger partial charge >= 0.3 is 0 Å². The molecule has 1 amide bonds. The Morgan fingerprint density at radius 3 is 2.60 bits per heavy atom. The van der Waals surface area contributed by atoms with E-state index in [-0.39, 0.29) is 11.4 Å². The van der Waals surface area contributed by atoms with E-state index in [9.17, 15) is 4.79 Å². The molecule has 2 saturated heterocycles.